The second-order valence-corrected chi connectivity index (χ2v) is 5.45. The van der Waals surface area contributed by atoms with Gasteiger partial charge in [0, 0.05) is 18.7 Å². The third kappa shape index (κ3) is 2.91. The minimum Gasteiger partial charge on any atom is -0.508 e. The molecule has 1 fully saturated rings. The van der Waals surface area contributed by atoms with E-state index < -0.39 is 5.54 Å². The standard InChI is InChI=1S/C15H19N3O2/c1-11-3-4-12(9-13(11)19)14(20)17-15(10-16)5-7-18(2)8-6-15/h3-4,9,19H,5-8H2,1-2H3,(H,17,20). The van der Waals surface area contributed by atoms with E-state index in [0.717, 1.165) is 18.7 Å². The van der Waals surface area contributed by atoms with E-state index >= 15 is 0 Å². The molecule has 1 saturated heterocycles. The van der Waals surface area contributed by atoms with Gasteiger partial charge in [-0.15, -0.1) is 0 Å². The Hall–Kier alpha value is -2.06. The molecule has 5 heteroatoms. The summed E-state index contributed by atoms with van der Waals surface area (Å²) in [5.74, 6) is -0.224. The molecule has 1 aromatic carbocycles. The molecule has 0 spiro atoms. The Labute approximate surface area is 118 Å². The maximum absolute atomic E-state index is 12.2. The summed E-state index contributed by atoms with van der Waals surface area (Å²) in [6.45, 7) is 3.34. The Balaban J connectivity index is 2.13. The van der Waals surface area contributed by atoms with Crippen LogP contribution in [0.2, 0.25) is 0 Å². The van der Waals surface area contributed by atoms with E-state index in [1.807, 2.05) is 7.05 Å². The largest absolute Gasteiger partial charge is 0.508 e. The summed E-state index contributed by atoms with van der Waals surface area (Å²) in [5, 5.41) is 21.9. The Morgan fingerprint density at radius 2 is 2.10 bits per heavy atom. The highest BCUT2D eigenvalue weighted by molar-refractivity contribution is 5.95. The highest BCUT2D eigenvalue weighted by Gasteiger charge is 2.35. The van der Waals surface area contributed by atoms with Gasteiger partial charge in [0.05, 0.1) is 6.07 Å². The number of aromatic hydroxyl groups is 1. The van der Waals surface area contributed by atoms with Gasteiger partial charge in [-0.05, 0) is 44.5 Å². The van der Waals surface area contributed by atoms with Crippen molar-refractivity contribution >= 4 is 5.91 Å². The molecule has 20 heavy (non-hydrogen) atoms. The number of phenols is 1. The zero-order valence-corrected chi connectivity index (χ0v) is 11.8. The number of benzene rings is 1. The van der Waals surface area contributed by atoms with E-state index in [4.69, 9.17) is 0 Å². The van der Waals surface area contributed by atoms with E-state index in [-0.39, 0.29) is 11.7 Å². The van der Waals surface area contributed by atoms with E-state index in [1.54, 1.807) is 19.1 Å². The number of nitrogens with one attached hydrogen (secondary N) is 1. The predicted molar refractivity (Wildman–Crippen MR) is 75.4 cm³/mol. The number of aryl methyl sites for hydroxylation is 1. The number of carbonyl (C=O) groups excluding carboxylic acids is 1. The fourth-order valence-electron chi connectivity index (χ4n) is 2.31. The third-order valence-electron chi connectivity index (χ3n) is 3.88. The quantitative estimate of drug-likeness (QED) is 0.854. The monoisotopic (exact) mass is 273 g/mol. The van der Waals surface area contributed by atoms with Gasteiger partial charge >= 0.3 is 0 Å². The van der Waals surface area contributed by atoms with Crippen molar-refractivity contribution in [2.75, 3.05) is 20.1 Å². The average Bonchev–Trinajstić information content (AvgIpc) is 2.44. The minimum atomic E-state index is -0.801. The fraction of sp³-hybridized carbons (Fsp3) is 0.467. The molecule has 2 rings (SSSR count). The van der Waals surface area contributed by atoms with Crippen LogP contribution in [-0.4, -0.2) is 41.6 Å². The Bertz CT molecular complexity index is 555. The highest BCUT2D eigenvalue weighted by atomic mass is 16.3. The van der Waals surface area contributed by atoms with Crippen molar-refractivity contribution in [2.45, 2.75) is 25.3 Å². The lowest BCUT2D eigenvalue weighted by Crippen LogP contribution is -2.53. The summed E-state index contributed by atoms with van der Waals surface area (Å²) in [6.07, 6.45) is 1.23. The van der Waals surface area contributed by atoms with Crippen LogP contribution >= 0.6 is 0 Å². The zero-order valence-electron chi connectivity index (χ0n) is 11.8. The first-order valence-corrected chi connectivity index (χ1v) is 6.68. The summed E-state index contributed by atoms with van der Waals surface area (Å²) < 4.78 is 0. The van der Waals surface area contributed by atoms with Crippen LogP contribution in [0.5, 0.6) is 5.75 Å². The molecular formula is C15H19N3O2. The van der Waals surface area contributed by atoms with Crippen molar-refractivity contribution in [2.24, 2.45) is 0 Å². The van der Waals surface area contributed by atoms with Crippen LogP contribution in [0.4, 0.5) is 0 Å². The van der Waals surface area contributed by atoms with Gasteiger partial charge in [0.15, 0.2) is 0 Å². The zero-order chi connectivity index (χ0) is 14.8. The molecule has 0 unspecified atom stereocenters. The van der Waals surface area contributed by atoms with Crippen molar-refractivity contribution in [3.8, 4) is 11.8 Å². The van der Waals surface area contributed by atoms with Gasteiger partial charge in [-0.1, -0.05) is 6.07 Å². The number of amides is 1. The first-order valence-electron chi connectivity index (χ1n) is 6.68. The second-order valence-electron chi connectivity index (χ2n) is 5.45. The van der Waals surface area contributed by atoms with Crippen molar-refractivity contribution in [1.29, 1.82) is 5.26 Å². The summed E-state index contributed by atoms with van der Waals surface area (Å²) >= 11 is 0. The van der Waals surface area contributed by atoms with Crippen LogP contribution in [0.3, 0.4) is 0 Å². The molecule has 106 valence electrons. The number of likely N-dealkylation sites (tertiary alicyclic amines) is 1. The van der Waals surface area contributed by atoms with Gasteiger partial charge in [-0.2, -0.15) is 5.26 Å². The van der Waals surface area contributed by atoms with Crippen LogP contribution in [0.1, 0.15) is 28.8 Å². The molecule has 1 heterocycles. The molecule has 0 aromatic heterocycles. The van der Waals surface area contributed by atoms with Crippen molar-refractivity contribution in [3.05, 3.63) is 29.3 Å². The van der Waals surface area contributed by atoms with Crippen molar-refractivity contribution in [1.82, 2.24) is 10.2 Å². The number of hydrogen-bond acceptors (Lipinski definition) is 4. The van der Waals surface area contributed by atoms with Gasteiger partial charge < -0.3 is 15.3 Å². The molecule has 0 aliphatic carbocycles. The average molecular weight is 273 g/mol. The normalized spacial score (nSPS) is 18.2. The van der Waals surface area contributed by atoms with Gasteiger partial charge in [0.2, 0.25) is 0 Å². The van der Waals surface area contributed by atoms with Crippen molar-refractivity contribution < 1.29 is 9.90 Å². The van der Waals surface area contributed by atoms with Crippen LogP contribution in [-0.2, 0) is 0 Å². The number of rotatable bonds is 2. The minimum absolute atomic E-state index is 0.0898. The van der Waals surface area contributed by atoms with Gasteiger partial charge in [0.1, 0.15) is 11.3 Å². The van der Waals surface area contributed by atoms with Crippen LogP contribution in [0.15, 0.2) is 18.2 Å². The number of phenolic OH excluding ortho intramolecular Hbond substituents is 1. The highest BCUT2D eigenvalue weighted by Crippen LogP contribution is 2.23. The van der Waals surface area contributed by atoms with Gasteiger partial charge in [-0.3, -0.25) is 4.79 Å². The smallest absolute Gasteiger partial charge is 0.252 e. The topological polar surface area (TPSA) is 76.4 Å². The molecule has 0 atom stereocenters. The lowest BCUT2D eigenvalue weighted by molar-refractivity contribution is 0.0881. The lowest BCUT2D eigenvalue weighted by atomic mass is 9.89. The maximum Gasteiger partial charge on any atom is 0.252 e. The lowest BCUT2D eigenvalue weighted by Gasteiger charge is -2.36. The molecule has 1 aromatic rings. The van der Waals surface area contributed by atoms with Gasteiger partial charge in [0.25, 0.3) is 5.91 Å². The Morgan fingerprint density at radius 3 is 2.65 bits per heavy atom. The molecule has 2 N–H and O–H groups in total. The van der Waals surface area contributed by atoms with Crippen LogP contribution in [0.25, 0.3) is 0 Å². The van der Waals surface area contributed by atoms with Gasteiger partial charge in [-0.25, -0.2) is 0 Å². The molecule has 0 bridgehead atoms. The molecule has 1 aliphatic rings. The maximum atomic E-state index is 12.2. The predicted octanol–water partition coefficient (Wildman–Crippen LogP) is 1.42. The van der Waals surface area contributed by atoms with Crippen LogP contribution < -0.4 is 5.32 Å². The number of piperidine rings is 1. The van der Waals surface area contributed by atoms with E-state index in [1.165, 1.54) is 6.07 Å². The van der Waals surface area contributed by atoms with Crippen LogP contribution in [0, 0.1) is 18.3 Å². The summed E-state index contributed by atoms with van der Waals surface area (Å²) in [7, 11) is 2.00. The SMILES string of the molecule is Cc1ccc(C(=O)NC2(C#N)CCN(C)CC2)cc1O. The molecular weight excluding hydrogens is 254 g/mol. The molecule has 5 nitrogen and oxygen atoms in total. The molecule has 1 aliphatic heterocycles. The number of nitriles is 1. The number of carbonyl (C=O) groups is 1. The Morgan fingerprint density at radius 1 is 1.45 bits per heavy atom. The van der Waals surface area contributed by atoms with E-state index in [0.29, 0.717) is 18.4 Å². The summed E-state index contributed by atoms with van der Waals surface area (Å²) in [5.41, 5.74) is 0.293. The Kier molecular flexibility index (Phi) is 3.96. The van der Waals surface area contributed by atoms with E-state index in [2.05, 4.69) is 16.3 Å². The first-order chi connectivity index (χ1) is 9.46. The third-order valence-corrected chi connectivity index (χ3v) is 3.88. The first kappa shape index (κ1) is 14.4. The second kappa shape index (κ2) is 5.51. The number of nitrogens with zero attached hydrogens (tertiary/aromatic N) is 2. The number of hydrogen-bond donors (Lipinski definition) is 2. The van der Waals surface area contributed by atoms with E-state index in [9.17, 15) is 15.2 Å². The van der Waals surface area contributed by atoms with Crippen molar-refractivity contribution in [3.63, 3.8) is 0 Å². The molecule has 0 saturated carbocycles. The summed E-state index contributed by atoms with van der Waals surface area (Å²) in [6, 6.07) is 7.03. The summed E-state index contributed by atoms with van der Waals surface area (Å²) in [4.78, 5) is 14.4. The molecule has 0 radical (unpaired) electrons. The fourth-order valence-corrected chi connectivity index (χ4v) is 2.31. The molecule has 1 amide bonds.